The van der Waals surface area contributed by atoms with Gasteiger partial charge in [-0.3, -0.25) is 9.78 Å². The molecule has 2 rings (SSSR count). The van der Waals surface area contributed by atoms with Crippen LogP contribution in [0.15, 0.2) is 24.4 Å². The molecule has 0 saturated carbocycles. The highest BCUT2D eigenvalue weighted by Crippen LogP contribution is 2.12. The third-order valence-electron chi connectivity index (χ3n) is 3.23. The van der Waals surface area contributed by atoms with Gasteiger partial charge in [0.1, 0.15) is 0 Å². The van der Waals surface area contributed by atoms with E-state index in [9.17, 15) is 4.79 Å². The minimum absolute atomic E-state index is 0. The van der Waals surface area contributed by atoms with Crippen LogP contribution >= 0.6 is 36.6 Å². The standard InChI is InChI=1S/C14H21N3OS.2ClH/c1-2-17(10-12-5-3-4-6-15-12)14(18)9-13-11-19-8-7-16-13;;/h3-6,13,16H,2,7-11H2,1H3;2*1H. The number of hydrogen-bond donors (Lipinski definition) is 1. The molecule has 120 valence electrons. The first-order valence-corrected chi connectivity index (χ1v) is 7.94. The maximum atomic E-state index is 12.3. The SMILES string of the molecule is CCN(Cc1ccccn1)C(=O)CC1CSCCN1.Cl.Cl. The van der Waals surface area contributed by atoms with Crippen LogP contribution in [0.2, 0.25) is 0 Å². The molecular weight excluding hydrogens is 329 g/mol. The average molecular weight is 352 g/mol. The zero-order chi connectivity index (χ0) is 13.5. The van der Waals surface area contributed by atoms with Crippen molar-refractivity contribution in [3.05, 3.63) is 30.1 Å². The van der Waals surface area contributed by atoms with Crippen molar-refractivity contribution in [2.75, 3.05) is 24.6 Å². The highest BCUT2D eigenvalue weighted by atomic mass is 35.5. The number of carbonyl (C=O) groups excluding carboxylic acids is 1. The van der Waals surface area contributed by atoms with Gasteiger partial charge in [-0.1, -0.05) is 6.07 Å². The van der Waals surface area contributed by atoms with Gasteiger partial charge in [-0.15, -0.1) is 24.8 Å². The lowest BCUT2D eigenvalue weighted by Gasteiger charge is -2.26. The summed E-state index contributed by atoms with van der Waals surface area (Å²) in [6.45, 7) is 4.37. The molecule has 0 spiro atoms. The van der Waals surface area contributed by atoms with Gasteiger partial charge in [0.25, 0.3) is 0 Å². The van der Waals surface area contributed by atoms with Crippen LogP contribution in [0.5, 0.6) is 0 Å². The molecule has 1 unspecified atom stereocenters. The number of carbonyl (C=O) groups is 1. The van der Waals surface area contributed by atoms with Gasteiger partial charge in [-0.2, -0.15) is 11.8 Å². The molecule has 1 aliphatic heterocycles. The molecule has 1 fully saturated rings. The number of nitrogens with zero attached hydrogens (tertiary/aromatic N) is 2. The van der Waals surface area contributed by atoms with E-state index in [1.807, 2.05) is 41.8 Å². The first-order chi connectivity index (χ1) is 9.29. The highest BCUT2D eigenvalue weighted by Gasteiger charge is 2.20. The van der Waals surface area contributed by atoms with E-state index in [0.29, 0.717) is 19.0 Å². The number of thioether (sulfide) groups is 1. The molecule has 1 amide bonds. The molecule has 0 aromatic carbocycles. The summed E-state index contributed by atoms with van der Waals surface area (Å²) in [5.41, 5.74) is 0.948. The van der Waals surface area contributed by atoms with Crippen LogP contribution in [-0.4, -0.2) is 46.4 Å². The lowest BCUT2D eigenvalue weighted by molar-refractivity contribution is -0.132. The van der Waals surface area contributed by atoms with Gasteiger partial charge < -0.3 is 10.2 Å². The number of pyridine rings is 1. The fraction of sp³-hybridized carbons (Fsp3) is 0.571. The summed E-state index contributed by atoms with van der Waals surface area (Å²) in [6, 6.07) is 6.14. The fourth-order valence-electron chi connectivity index (χ4n) is 2.15. The largest absolute Gasteiger partial charge is 0.337 e. The Labute approximate surface area is 143 Å². The van der Waals surface area contributed by atoms with Crippen LogP contribution in [0.4, 0.5) is 0 Å². The van der Waals surface area contributed by atoms with Crippen LogP contribution in [0.25, 0.3) is 0 Å². The van der Waals surface area contributed by atoms with Crippen molar-refractivity contribution < 1.29 is 4.79 Å². The van der Waals surface area contributed by atoms with Crippen molar-refractivity contribution in [2.45, 2.75) is 25.9 Å². The van der Waals surface area contributed by atoms with Gasteiger partial charge in [0, 0.05) is 43.3 Å². The van der Waals surface area contributed by atoms with Crippen molar-refractivity contribution in [1.82, 2.24) is 15.2 Å². The summed E-state index contributed by atoms with van der Waals surface area (Å²) in [7, 11) is 0. The maximum absolute atomic E-state index is 12.3. The molecule has 4 nitrogen and oxygen atoms in total. The minimum Gasteiger partial charge on any atom is -0.337 e. The van der Waals surface area contributed by atoms with Gasteiger partial charge in [-0.05, 0) is 19.1 Å². The topological polar surface area (TPSA) is 45.2 Å². The van der Waals surface area contributed by atoms with Crippen LogP contribution in [0.1, 0.15) is 19.0 Å². The Bertz CT molecular complexity index is 402. The molecule has 1 saturated heterocycles. The van der Waals surface area contributed by atoms with Crippen LogP contribution < -0.4 is 5.32 Å². The van der Waals surface area contributed by atoms with E-state index < -0.39 is 0 Å². The lowest BCUT2D eigenvalue weighted by Crippen LogP contribution is -2.42. The Hall–Kier alpha value is -0.490. The first-order valence-electron chi connectivity index (χ1n) is 6.78. The lowest BCUT2D eigenvalue weighted by atomic mass is 10.2. The number of amides is 1. The summed E-state index contributed by atoms with van der Waals surface area (Å²) in [5.74, 6) is 2.40. The van der Waals surface area contributed by atoms with Crippen molar-refractivity contribution in [2.24, 2.45) is 0 Å². The summed E-state index contributed by atoms with van der Waals surface area (Å²) in [4.78, 5) is 18.5. The molecule has 0 radical (unpaired) electrons. The second-order valence-electron chi connectivity index (χ2n) is 4.66. The summed E-state index contributed by atoms with van der Waals surface area (Å²) < 4.78 is 0. The van der Waals surface area contributed by atoms with E-state index in [1.54, 1.807) is 6.20 Å². The third-order valence-corrected chi connectivity index (χ3v) is 4.36. The molecule has 1 aliphatic rings. The zero-order valence-corrected chi connectivity index (χ0v) is 14.6. The fourth-order valence-corrected chi connectivity index (χ4v) is 3.10. The van der Waals surface area contributed by atoms with E-state index >= 15 is 0 Å². The van der Waals surface area contributed by atoms with E-state index in [0.717, 1.165) is 30.3 Å². The molecule has 21 heavy (non-hydrogen) atoms. The van der Waals surface area contributed by atoms with Crippen molar-refractivity contribution in [3.8, 4) is 0 Å². The number of halogens is 2. The summed E-state index contributed by atoms with van der Waals surface area (Å²) in [6.07, 6.45) is 2.36. The number of nitrogens with one attached hydrogen (secondary N) is 1. The van der Waals surface area contributed by atoms with Gasteiger partial charge in [0.05, 0.1) is 12.2 Å². The molecule has 7 heteroatoms. The minimum atomic E-state index is 0. The molecule has 1 aromatic heterocycles. The number of aromatic nitrogens is 1. The van der Waals surface area contributed by atoms with E-state index in [1.165, 1.54) is 0 Å². The van der Waals surface area contributed by atoms with Crippen molar-refractivity contribution in [3.63, 3.8) is 0 Å². The van der Waals surface area contributed by atoms with Crippen molar-refractivity contribution >= 4 is 42.5 Å². The van der Waals surface area contributed by atoms with Crippen molar-refractivity contribution in [1.29, 1.82) is 0 Å². The molecule has 1 atom stereocenters. The van der Waals surface area contributed by atoms with Crippen LogP contribution in [0.3, 0.4) is 0 Å². The molecule has 0 bridgehead atoms. The predicted molar refractivity (Wildman–Crippen MR) is 93.6 cm³/mol. The highest BCUT2D eigenvalue weighted by molar-refractivity contribution is 7.99. The molecule has 2 heterocycles. The summed E-state index contributed by atoms with van der Waals surface area (Å²) in [5, 5.41) is 3.41. The number of rotatable bonds is 5. The second-order valence-corrected chi connectivity index (χ2v) is 5.81. The van der Waals surface area contributed by atoms with Crippen LogP contribution in [0, 0.1) is 0 Å². The molecule has 1 aromatic rings. The second kappa shape index (κ2) is 11.1. The average Bonchev–Trinajstić information content (AvgIpc) is 2.47. The van der Waals surface area contributed by atoms with E-state index in [4.69, 9.17) is 0 Å². The normalized spacial score (nSPS) is 17.3. The predicted octanol–water partition coefficient (Wildman–Crippen LogP) is 2.37. The van der Waals surface area contributed by atoms with Gasteiger partial charge in [0.15, 0.2) is 0 Å². The van der Waals surface area contributed by atoms with E-state index in [-0.39, 0.29) is 30.7 Å². The number of hydrogen-bond acceptors (Lipinski definition) is 4. The smallest absolute Gasteiger partial charge is 0.224 e. The van der Waals surface area contributed by atoms with Crippen LogP contribution in [-0.2, 0) is 11.3 Å². The quantitative estimate of drug-likeness (QED) is 0.884. The van der Waals surface area contributed by atoms with Gasteiger partial charge >= 0.3 is 0 Å². The Balaban J connectivity index is 0.00000200. The maximum Gasteiger partial charge on any atom is 0.224 e. The Morgan fingerprint density at radius 3 is 2.86 bits per heavy atom. The monoisotopic (exact) mass is 351 g/mol. The van der Waals surface area contributed by atoms with Gasteiger partial charge in [-0.25, -0.2) is 0 Å². The zero-order valence-electron chi connectivity index (χ0n) is 12.2. The Morgan fingerprint density at radius 2 is 2.29 bits per heavy atom. The molecule has 1 N–H and O–H groups in total. The Morgan fingerprint density at radius 1 is 1.48 bits per heavy atom. The molecular formula is C14H23Cl2N3OS. The van der Waals surface area contributed by atoms with Gasteiger partial charge in [0.2, 0.25) is 5.91 Å². The third kappa shape index (κ3) is 6.87. The first kappa shape index (κ1) is 20.5. The molecule has 0 aliphatic carbocycles. The Kier molecular flexibility index (Phi) is 10.9. The summed E-state index contributed by atoms with van der Waals surface area (Å²) >= 11 is 1.92. The van der Waals surface area contributed by atoms with E-state index in [2.05, 4.69) is 10.3 Å².